The summed E-state index contributed by atoms with van der Waals surface area (Å²) in [5, 5.41) is 5.43. The van der Waals surface area contributed by atoms with Crippen molar-refractivity contribution in [1.82, 2.24) is 9.88 Å². The second-order valence-corrected chi connectivity index (χ2v) is 5.28. The molecule has 0 saturated carbocycles. The van der Waals surface area contributed by atoms with E-state index in [1.165, 1.54) is 21.8 Å². The van der Waals surface area contributed by atoms with Crippen LogP contribution in [-0.2, 0) is 11.3 Å². The first-order chi connectivity index (χ1) is 10.3. The van der Waals surface area contributed by atoms with Crippen molar-refractivity contribution in [2.24, 2.45) is 0 Å². The number of aryl methyl sites for hydroxylation is 1. The van der Waals surface area contributed by atoms with Gasteiger partial charge >= 0.3 is 0 Å². The lowest BCUT2D eigenvalue weighted by molar-refractivity contribution is -0.110. The molecular weight excluding hydrogens is 260 g/mol. The maximum Gasteiger partial charge on any atom is 0.207 e. The van der Waals surface area contributed by atoms with Crippen LogP contribution in [-0.4, -0.2) is 11.0 Å². The summed E-state index contributed by atoms with van der Waals surface area (Å²) in [6, 6.07) is 15.1. The second-order valence-electron chi connectivity index (χ2n) is 5.28. The Morgan fingerprint density at radius 1 is 1.10 bits per heavy atom. The molecule has 1 N–H and O–H groups in total. The Hall–Kier alpha value is -2.29. The fourth-order valence-corrected chi connectivity index (χ4v) is 3.16. The van der Waals surface area contributed by atoms with Crippen LogP contribution in [0.3, 0.4) is 0 Å². The van der Waals surface area contributed by atoms with Crippen molar-refractivity contribution in [3.8, 4) is 0 Å². The van der Waals surface area contributed by atoms with Gasteiger partial charge in [0.05, 0.1) is 6.04 Å². The highest BCUT2D eigenvalue weighted by Crippen LogP contribution is 2.31. The normalized spacial score (nSPS) is 12.7. The number of amides is 1. The maximum absolute atomic E-state index is 10.8. The van der Waals surface area contributed by atoms with Crippen molar-refractivity contribution in [3.63, 3.8) is 0 Å². The number of nitrogens with one attached hydrogen (secondary N) is 1. The monoisotopic (exact) mass is 280 g/mol. The molecule has 0 aliphatic heterocycles. The largest absolute Gasteiger partial charge is 0.352 e. The zero-order valence-electron chi connectivity index (χ0n) is 12.5. The molecule has 1 atom stereocenters. The Bertz CT molecular complexity index is 788. The van der Waals surface area contributed by atoms with Crippen molar-refractivity contribution in [3.05, 3.63) is 48.0 Å². The SMILES string of the molecule is CCC(NC=O)c1ccc2c(c1)c1ccccc1n2CC. The average Bonchev–Trinajstić information content (AvgIpc) is 2.85. The highest BCUT2D eigenvalue weighted by molar-refractivity contribution is 6.08. The highest BCUT2D eigenvalue weighted by atomic mass is 16.1. The van der Waals surface area contributed by atoms with Crippen LogP contribution < -0.4 is 5.32 Å². The van der Waals surface area contributed by atoms with Crippen molar-refractivity contribution >= 4 is 28.2 Å². The number of fused-ring (bicyclic) bond motifs is 3. The van der Waals surface area contributed by atoms with Gasteiger partial charge in [-0.2, -0.15) is 0 Å². The minimum atomic E-state index is 0.0793. The van der Waals surface area contributed by atoms with E-state index in [1.807, 2.05) is 0 Å². The molecule has 2 aromatic carbocycles. The summed E-state index contributed by atoms with van der Waals surface area (Å²) in [5.41, 5.74) is 3.68. The van der Waals surface area contributed by atoms with Crippen molar-refractivity contribution in [1.29, 1.82) is 0 Å². The number of aromatic nitrogens is 1. The van der Waals surface area contributed by atoms with E-state index in [9.17, 15) is 4.79 Å². The zero-order chi connectivity index (χ0) is 14.8. The molecule has 1 amide bonds. The van der Waals surface area contributed by atoms with E-state index < -0.39 is 0 Å². The van der Waals surface area contributed by atoms with Crippen LogP contribution in [0.4, 0.5) is 0 Å². The molecule has 0 radical (unpaired) electrons. The minimum Gasteiger partial charge on any atom is -0.352 e. The molecular formula is C18H20N2O. The lowest BCUT2D eigenvalue weighted by Crippen LogP contribution is -2.18. The van der Waals surface area contributed by atoms with Gasteiger partial charge in [-0.25, -0.2) is 0 Å². The summed E-state index contributed by atoms with van der Waals surface area (Å²) >= 11 is 0. The molecule has 1 aromatic heterocycles. The van der Waals surface area contributed by atoms with E-state index >= 15 is 0 Å². The first-order valence-corrected chi connectivity index (χ1v) is 7.50. The van der Waals surface area contributed by atoms with Gasteiger partial charge in [0.1, 0.15) is 0 Å². The molecule has 0 aliphatic rings. The van der Waals surface area contributed by atoms with E-state index in [1.54, 1.807) is 0 Å². The molecule has 3 rings (SSSR count). The van der Waals surface area contributed by atoms with Gasteiger partial charge in [0.25, 0.3) is 0 Å². The maximum atomic E-state index is 10.8. The Kier molecular flexibility index (Phi) is 3.65. The summed E-state index contributed by atoms with van der Waals surface area (Å²) in [6.45, 7) is 5.20. The van der Waals surface area contributed by atoms with Crippen LogP contribution in [0.1, 0.15) is 31.9 Å². The van der Waals surface area contributed by atoms with E-state index in [2.05, 4.69) is 66.2 Å². The van der Waals surface area contributed by atoms with E-state index in [4.69, 9.17) is 0 Å². The molecule has 3 heteroatoms. The zero-order valence-corrected chi connectivity index (χ0v) is 12.5. The lowest BCUT2D eigenvalue weighted by Gasteiger charge is -2.14. The fraction of sp³-hybridized carbons (Fsp3) is 0.278. The number of para-hydroxylation sites is 1. The first kappa shape index (κ1) is 13.7. The molecule has 0 fully saturated rings. The topological polar surface area (TPSA) is 34.0 Å². The van der Waals surface area contributed by atoms with Crippen LogP contribution in [0.25, 0.3) is 21.8 Å². The Balaban J connectivity index is 2.26. The molecule has 3 nitrogen and oxygen atoms in total. The van der Waals surface area contributed by atoms with Crippen molar-refractivity contribution in [2.45, 2.75) is 32.9 Å². The number of hydrogen-bond donors (Lipinski definition) is 1. The Morgan fingerprint density at radius 2 is 1.86 bits per heavy atom. The highest BCUT2D eigenvalue weighted by Gasteiger charge is 2.13. The van der Waals surface area contributed by atoms with Crippen molar-refractivity contribution in [2.75, 3.05) is 0 Å². The minimum absolute atomic E-state index is 0.0793. The summed E-state index contributed by atoms with van der Waals surface area (Å²) in [6.07, 6.45) is 1.67. The van der Waals surface area contributed by atoms with Gasteiger partial charge in [0, 0.05) is 28.4 Å². The number of carbonyl (C=O) groups is 1. The van der Waals surface area contributed by atoms with Crippen LogP contribution in [0.15, 0.2) is 42.5 Å². The molecule has 0 saturated heterocycles. The smallest absolute Gasteiger partial charge is 0.207 e. The van der Waals surface area contributed by atoms with E-state index in [-0.39, 0.29) is 6.04 Å². The molecule has 0 bridgehead atoms. The predicted octanol–water partition coefficient (Wildman–Crippen LogP) is 4.01. The Morgan fingerprint density at radius 3 is 2.57 bits per heavy atom. The van der Waals surface area contributed by atoms with E-state index in [0.717, 1.165) is 24.9 Å². The first-order valence-electron chi connectivity index (χ1n) is 7.50. The number of hydrogen-bond acceptors (Lipinski definition) is 1. The number of rotatable bonds is 5. The Labute approximate surface area is 124 Å². The quantitative estimate of drug-likeness (QED) is 0.704. The standard InChI is InChI=1S/C18H20N2O/c1-3-16(19-12-21)13-9-10-18-15(11-13)14-7-5-6-8-17(14)20(18)4-2/h5-12,16H,3-4H2,1-2H3,(H,19,21). The molecule has 1 unspecified atom stereocenters. The third kappa shape index (κ3) is 2.19. The third-order valence-electron chi connectivity index (χ3n) is 4.19. The van der Waals surface area contributed by atoms with Gasteiger partial charge in [-0.1, -0.05) is 31.2 Å². The number of benzene rings is 2. The summed E-state index contributed by atoms with van der Waals surface area (Å²) < 4.78 is 2.34. The molecule has 1 heterocycles. The summed E-state index contributed by atoms with van der Waals surface area (Å²) in [7, 11) is 0. The van der Waals surface area contributed by atoms with Crippen molar-refractivity contribution < 1.29 is 4.79 Å². The van der Waals surface area contributed by atoms with Gasteiger partial charge in [0.2, 0.25) is 6.41 Å². The van der Waals surface area contributed by atoms with Crippen LogP contribution >= 0.6 is 0 Å². The van der Waals surface area contributed by atoms with Crippen LogP contribution in [0, 0.1) is 0 Å². The third-order valence-corrected chi connectivity index (χ3v) is 4.19. The molecule has 0 aliphatic carbocycles. The summed E-state index contributed by atoms with van der Waals surface area (Å²) in [5.74, 6) is 0. The molecule has 108 valence electrons. The van der Waals surface area contributed by atoms with Crippen LogP contribution in [0.2, 0.25) is 0 Å². The van der Waals surface area contributed by atoms with Gasteiger partial charge in [-0.05, 0) is 37.1 Å². The van der Waals surface area contributed by atoms with Gasteiger partial charge in [-0.15, -0.1) is 0 Å². The number of carbonyl (C=O) groups excluding carboxylic acids is 1. The molecule has 21 heavy (non-hydrogen) atoms. The average molecular weight is 280 g/mol. The van der Waals surface area contributed by atoms with Gasteiger partial charge < -0.3 is 9.88 Å². The lowest BCUT2D eigenvalue weighted by atomic mass is 10.0. The summed E-state index contributed by atoms with van der Waals surface area (Å²) in [4.78, 5) is 10.8. The predicted molar refractivity (Wildman–Crippen MR) is 87.3 cm³/mol. The molecule has 0 spiro atoms. The van der Waals surface area contributed by atoms with Gasteiger partial charge in [-0.3, -0.25) is 4.79 Å². The van der Waals surface area contributed by atoms with E-state index in [0.29, 0.717) is 0 Å². The van der Waals surface area contributed by atoms with Gasteiger partial charge in [0.15, 0.2) is 0 Å². The number of nitrogens with zero attached hydrogens (tertiary/aromatic N) is 1. The molecule has 3 aromatic rings. The fourth-order valence-electron chi connectivity index (χ4n) is 3.16. The van der Waals surface area contributed by atoms with Crippen LogP contribution in [0.5, 0.6) is 0 Å². The second kappa shape index (κ2) is 5.60.